The van der Waals surface area contributed by atoms with E-state index in [0.717, 1.165) is 24.0 Å². The van der Waals surface area contributed by atoms with E-state index in [1.54, 1.807) is 30.7 Å². The van der Waals surface area contributed by atoms with E-state index >= 15 is 0 Å². The molecule has 34 heavy (non-hydrogen) atoms. The number of para-hydroxylation sites is 1. The van der Waals surface area contributed by atoms with Crippen molar-refractivity contribution in [2.45, 2.75) is 31.8 Å². The molecule has 9 heteroatoms. The third-order valence-corrected chi connectivity index (χ3v) is 6.01. The second-order valence-electron chi connectivity index (χ2n) is 8.58. The van der Waals surface area contributed by atoms with Gasteiger partial charge in [-0.05, 0) is 36.6 Å². The van der Waals surface area contributed by atoms with E-state index in [0.29, 0.717) is 48.8 Å². The van der Waals surface area contributed by atoms with Crippen molar-refractivity contribution in [3.05, 3.63) is 78.1 Å². The van der Waals surface area contributed by atoms with Gasteiger partial charge in [0, 0.05) is 49.7 Å². The second kappa shape index (κ2) is 9.56. The molecule has 1 fully saturated rings. The molecule has 3 aromatic rings. The summed E-state index contributed by atoms with van der Waals surface area (Å²) in [7, 11) is 0. The number of nitrogens with one attached hydrogen (secondary N) is 1. The second-order valence-corrected chi connectivity index (χ2v) is 8.58. The highest BCUT2D eigenvalue weighted by Crippen LogP contribution is 2.32. The number of nitrogens with zero attached hydrogens (tertiary/aromatic N) is 5. The summed E-state index contributed by atoms with van der Waals surface area (Å²) in [4.78, 5) is 23.5. The molecule has 0 saturated carbocycles. The Morgan fingerprint density at radius 1 is 1.24 bits per heavy atom. The largest absolute Gasteiger partial charge is 0.366 e. The number of hydrogen-bond acceptors (Lipinski definition) is 6. The number of rotatable bonds is 6. The molecule has 4 heterocycles. The van der Waals surface area contributed by atoms with Crippen LogP contribution in [0.1, 0.15) is 30.4 Å². The summed E-state index contributed by atoms with van der Waals surface area (Å²) in [5, 5.41) is 7.26. The first-order valence-corrected chi connectivity index (χ1v) is 11.4. The quantitative estimate of drug-likeness (QED) is 0.589. The first-order chi connectivity index (χ1) is 16.6. The normalized spacial score (nSPS) is 17.9. The van der Waals surface area contributed by atoms with E-state index in [9.17, 15) is 9.18 Å². The number of piperidine rings is 1. The molecule has 2 aromatic heterocycles. The summed E-state index contributed by atoms with van der Waals surface area (Å²) >= 11 is 0. The number of amides is 1. The number of allylic oxidation sites excluding steroid dienone is 1. The number of carbonyl (C=O) groups excluding carboxylic acids is 1. The van der Waals surface area contributed by atoms with Gasteiger partial charge in [-0.1, -0.05) is 18.2 Å². The fourth-order valence-corrected chi connectivity index (χ4v) is 4.36. The number of carbonyl (C=O) groups is 1. The van der Waals surface area contributed by atoms with Gasteiger partial charge in [-0.25, -0.2) is 9.38 Å². The van der Waals surface area contributed by atoms with Crippen LogP contribution in [-0.2, 0) is 11.3 Å². The van der Waals surface area contributed by atoms with Crippen molar-refractivity contribution in [1.82, 2.24) is 14.8 Å². The Labute approximate surface area is 197 Å². The van der Waals surface area contributed by atoms with Crippen molar-refractivity contribution < 1.29 is 9.18 Å². The van der Waals surface area contributed by atoms with Gasteiger partial charge < -0.3 is 16.0 Å². The molecule has 0 spiro atoms. The van der Waals surface area contributed by atoms with Crippen molar-refractivity contribution in [2.75, 3.05) is 23.3 Å². The Balaban J connectivity index is 1.29. The summed E-state index contributed by atoms with van der Waals surface area (Å²) in [6.07, 6.45) is 11.3. The summed E-state index contributed by atoms with van der Waals surface area (Å²) in [5.41, 5.74) is 9.86. The summed E-state index contributed by atoms with van der Waals surface area (Å²) in [6.45, 7) is 1.85. The molecule has 0 radical (unpaired) electrons. The van der Waals surface area contributed by atoms with Crippen molar-refractivity contribution in [3.8, 4) is 0 Å². The molecule has 1 amide bonds. The lowest BCUT2D eigenvalue weighted by molar-refractivity contribution is -0.110. The number of benzene rings is 1. The first kappa shape index (κ1) is 22.0. The Bertz CT molecular complexity index is 1250. The van der Waals surface area contributed by atoms with Crippen LogP contribution in [0.2, 0.25) is 0 Å². The minimum absolute atomic E-state index is 0.0121. The first-order valence-electron chi connectivity index (χ1n) is 11.4. The highest BCUT2D eigenvalue weighted by atomic mass is 19.1. The molecule has 174 valence electrons. The van der Waals surface area contributed by atoms with E-state index in [-0.39, 0.29) is 17.8 Å². The molecule has 5 rings (SSSR count). The number of pyridine rings is 1. The number of anilines is 2. The highest BCUT2D eigenvalue weighted by molar-refractivity contribution is 6.45. The molecule has 8 nitrogen and oxygen atoms in total. The van der Waals surface area contributed by atoms with Crippen LogP contribution >= 0.6 is 0 Å². The zero-order valence-electron chi connectivity index (χ0n) is 18.7. The molecule has 1 aromatic carbocycles. The van der Waals surface area contributed by atoms with Gasteiger partial charge in [-0.2, -0.15) is 5.10 Å². The Morgan fingerprint density at radius 3 is 2.97 bits per heavy atom. The predicted molar refractivity (Wildman–Crippen MR) is 130 cm³/mol. The number of hydrogen-bond donors (Lipinski definition) is 2. The monoisotopic (exact) mass is 459 g/mol. The lowest BCUT2D eigenvalue weighted by Crippen LogP contribution is -2.43. The van der Waals surface area contributed by atoms with Crippen LogP contribution in [0.5, 0.6) is 0 Å². The van der Waals surface area contributed by atoms with E-state index in [1.165, 1.54) is 6.07 Å². The molecule has 2 aliphatic heterocycles. The van der Waals surface area contributed by atoms with Crippen LogP contribution in [0.4, 0.5) is 15.8 Å². The van der Waals surface area contributed by atoms with Crippen molar-refractivity contribution in [2.24, 2.45) is 10.7 Å². The SMILES string of the molecule is N[C@@H]1CCCN(c2c(F)cccc2NC(=O)C2=NC(c3cnn(Cc4cccnc4)c3)=CC2)C1. The molecule has 2 aliphatic rings. The molecule has 1 saturated heterocycles. The minimum Gasteiger partial charge on any atom is -0.366 e. The number of halogens is 1. The average Bonchev–Trinajstić information content (AvgIpc) is 3.50. The van der Waals surface area contributed by atoms with Gasteiger partial charge in [0.25, 0.3) is 5.91 Å². The standard InChI is InChI=1S/C25H26FN7O/c26-20-6-1-7-22(24(20)32-11-3-5-19(27)16-32)31-25(34)23-9-8-21(30-23)18-13-29-33(15-18)14-17-4-2-10-28-12-17/h1-2,4,6-8,10,12-13,15,19H,3,5,9,11,14,16,27H2,(H,31,34)/t19-/m1/s1. The minimum atomic E-state index is -0.375. The topological polar surface area (TPSA) is 101 Å². The molecular formula is C25H26FN7O. The van der Waals surface area contributed by atoms with Gasteiger partial charge >= 0.3 is 0 Å². The Hall–Kier alpha value is -3.85. The van der Waals surface area contributed by atoms with E-state index in [2.05, 4.69) is 20.4 Å². The highest BCUT2D eigenvalue weighted by Gasteiger charge is 2.25. The molecule has 1 atom stereocenters. The van der Waals surface area contributed by atoms with Crippen LogP contribution in [-0.4, -0.2) is 45.5 Å². The summed E-state index contributed by atoms with van der Waals surface area (Å²) in [5.74, 6) is -0.720. The number of aliphatic imine (C=N–C) groups is 1. The third kappa shape index (κ3) is 4.74. The molecular weight excluding hydrogens is 433 g/mol. The van der Waals surface area contributed by atoms with E-state index in [1.807, 2.05) is 34.0 Å². The van der Waals surface area contributed by atoms with Crippen LogP contribution < -0.4 is 16.0 Å². The average molecular weight is 460 g/mol. The van der Waals surface area contributed by atoms with E-state index in [4.69, 9.17) is 5.73 Å². The maximum atomic E-state index is 14.7. The third-order valence-electron chi connectivity index (χ3n) is 6.01. The lowest BCUT2D eigenvalue weighted by atomic mass is 10.1. The van der Waals surface area contributed by atoms with Crippen LogP contribution in [0, 0.1) is 5.82 Å². The molecule has 0 unspecified atom stereocenters. The zero-order valence-corrected chi connectivity index (χ0v) is 18.7. The van der Waals surface area contributed by atoms with E-state index < -0.39 is 0 Å². The number of nitrogens with two attached hydrogens (primary N) is 1. The molecule has 0 aliphatic carbocycles. The van der Waals surface area contributed by atoms with Crippen molar-refractivity contribution in [3.63, 3.8) is 0 Å². The van der Waals surface area contributed by atoms with Crippen molar-refractivity contribution in [1.29, 1.82) is 0 Å². The molecule has 0 bridgehead atoms. The predicted octanol–water partition coefficient (Wildman–Crippen LogP) is 3.22. The molecule has 3 N–H and O–H groups in total. The van der Waals surface area contributed by atoms with Gasteiger partial charge in [0.05, 0.1) is 29.8 Å². The summed E-state index contributed by atoms with van der Waals surface area (Å²) < 4.78 is 16.6. The van der Waals surface area contributed by atoms with Gasteiger partial charge in [-0.3, -0.25) is 14.5 Å². The van der Waals surface area contributed by atoms with Crippen LogP contribution in [0.25, 0.3) is 5.70 Å². The van der Waals surface area contributed by atoms with Gasteiger partial charge in [0.1, 0.15) is 11.5 Å². The van der Waals surface area contributed by atoms with Gasteiger partial charge in [0.15, 0.2) is 0 Å². The zero-order chi connectivity index (χ0) is 23.5. The summed E-state index contributed by atoms with van der Waals surface area (Å²) in [6, 6.07) is 8.57. The maximum absolute atomic E-state index is 14.7. The van der Waals surface area contributed by atoms with Crippen molar-refractivity contribution >= 4 is 28.7 Å². The Kier molecular flexibility index (Phi) is 6.18. The smallest absolute Gasteiger partial charge is 0.270 e. The van der Waals surface area contributed by atoms with Gasteiger partial charge in [0.2, 0.25) is 0 Å². The van der Waals surface area contributed by atoms with Gasteiger partial charge in [-0.15, -0.1) is 0 Å². The van der Waals surface area contributed by atoms with Crippen LogP contribution in [0.3, 0.4) is 0 Å². The fraction of sp³-hybridized carbons (Fsp3) is 0.280. The lowest BCUT2D eigenvalue weighted by Gasteiger charge is -2.34. The fourth-order valence-electron chi connectivity index (χ4n) is 4.36. The number of aromatic nitrogens is 3. The Morgan fingerprint density at radius 2 is 2.15 bits per heavy atom. The van der Waals surface area contributed by atoms with Crippen LogP contribution in [0.15, 0.2) is 66.2 Å². The maximum Gasteiger partial charge on any atom is 0.270 e.